The SMILES string of the molecule is CCc1ccc(OCC(=O)N(CCC(=O)OC)C2CCCCC2)cc1. The highest BCUT2D eigenvalue weighted by molar-refractivity contribution is 5.79. The normalized spacial score (nSPS) is 14.8. The van der Waals surface area contributed by atoms with Crippen molar-refractivity contribution in [3.63, 3.8) is 0 Å². The second-order valence-corrected chi connectivity index (χ2v) is 6.49. The minimum Gasteiger partial charge on any atom is -0.484 e. The van der Waals surface area contributed by atoms with E-state index >= 15 is 0 Å². The van der Waals surface area contributed by atoms with Crippen LogP contribution in [0.5, 0.6) is 5.75 Å². The summed E-state index contributed by atoms with van der Waals surface area (Å²) in [6.07, 6.45) is 6.68. The molecule has 1 fully saturated rings. The first-order valence-corrected chi connectivity index (χ1v) is 9.22. The lowest BCUT2D eigenvalue weighted by molar-refractivity contribution is -0.143. The van der Waals surface area contributed by atoms with Crippen LogP contribution in [0.25, 0.3) is 0 Å². The number of esters is 1. The second kappa shape index (κ2) is 10.1. The summed E-state index contributed by atoms with van der Waals surface area (Å²) in [5, 5.41) is 0. The first-order chi connectivity index (χ1) is 12.1. The van der Waals surface area contributed by atoms with Crippen LogP contribution < -0.4 is 4.74 Å². The summed E-state index contributed by atoms with van der Waals surface area (Å²) in [4.78, 5) is 26.0. The van der Waals surface area contributed by atoms with Crippen LogP contribution in [0.2, 0.25) is 0 Å². The molecule has 0 saturated heterocycles. The monoisotopic (exact) mass is 347 g/mol. The summed E-state index contributed by atoms with van der Waals surface area (Å²) in [7, 11) is 1.37. The molecule has 0 radical (unpaired) electrons. The maximum absolute atomic E-state index is 12.7. The Balaban J connectivity index is 1.93. The molecule has 0 unspecified atom stereocenters. The second-order valence-electron chi connectivity index (χ2n) is 6.49. The van der Waals surface area contributed by atoms with Crippen LogP contribution in [0.15, 0.2) is 24.3 Å². The highest BCUT2D eigenvalue weighted by Gasteiger charge is 2.26. The minimum atomic E-state index is -0.287. The molecule has 0 atom stereocenters. The van der Waals surface area contributed by atoms with Gasteiger partial charge >= 0.3 is 5.97 Å². The Morgan fingerprint density at radius 2 is 1.80 bits per heavy atom. The quantitative estimate of drug-likeness (QED) is 0.677. The van der Waals surface area contributed by atoms with Crippen molar-refractivity contribution < 1.29 is 19.1 Å². The van der Waals surface area contributed by atoms with Crippen molar-refractivity contribution in [2.45, 2.75) is 57.9 Å². The van der Waals surface area contributed by atoms with Gasteiger partial charge < -0.3 is 14.4 Å². The summed E-state index contributed by atoms with van der Waals surface area (Å²) in [5.74, 6) is 0.349. The Labute approximate surface area is 150 Å². The number of rotatable bonds is 8. The summed E-state index contributed by atoms with van der Waals surface area (Å²) >= 11 is 0. The van der Waals surface area contributed by atoms with E-state index in [0.717, 1.165) is 32.1 Å². The smallest absolute Gasteiger partial charge is 0.307 e. The molecule has 1 saturated carbocycles. The van der Waals surface area contributed by atoms with Crippen molar-refractivity contribution in [1.29, 1.82) is 0 Å². The first-order valence-electron chi connectivity index (χ1n) is 9.22. The van der Waals surface area contributed by atoms with Crippen molar-refractivity contribution in [2.24, 2.45) is 0 Å². The van der Waals surface area contributed by atoms with Gasteiger partial charge in [-0.2, -0.15) is 0 Å². The van der Waals surface area contributed by atoms with Gasteiger partial charge in [0, 0.05) is 12.6 Å². The molecule has 1 aromatic rings. The maximum atomic E-state index is 12.7. The molecule has 2 rings (SSSR count). The molecule has 0 heterocycles. The molecule has 1 amide bonds. The Hall–Kier alpha value is -2.04. The number of carbonyl (C=O) groups excluding carboxylic acids is 2. The fraction of sp³-hybridized carbons (Fsp3) is 0.600. The molecular formula is C20H29NO4. The van der Waals surface area contributed by atoms with Gasteiger partial charge in [-0.1, -0.05) is 38.3 Å². The summed E-state index contributed by atoms with van der Waals surface area (Å²) in [6, 6.07) is 8.01. The van der Waals surface area contributed by atoms with Crippen molar-refractivity contribution >= 4 is 11.9 Å². The molecule has 0 spiro atoms. The van der Waals surface area contributed by atoms with E-state index < -0.39 is 0 Å². The molecule has 0 N–H and O–H groups in total. The number of carbonyl (C=O) groups is 2. The van der Waals surface area contributed by atoms with Crippen molar-refractivity contribution in [3.05, 3.63) is 29.8 Å². The third-order valence-corrected chi connectivity index (χ3v) is 4.81. The predicted molar refractivity (Wildman–Crippen MR) is 96.5 cm³/mol. The summed E-state index contributed by atoms with van der Waals surface area (Å²) in [5.41, 5.74) is 1.24. The predicted octanol–water partition coefficient (Wildman–Crippen LogP) is 3.35. The zero-order valence-electron chi connectivity index (χ0n) is 15.3. The van der Waals surface area contributed by atoms with E-state index in [1.165, 1.54) is 19.1 Å². The van der Waals surface area contributed by atoms with Gasteiger partial charge in [-0.3, -0.25) is 9.59 Å². The minimum absolute atomic E-state index is 0.00312. The van der Waals surface area contributed by atoms with Crippen LogP contribution in [0, 0.1) is 0 Å². The van der Waals surface area contributed by atoms with Crippen molar-refractivity contribution in [1.82, 2.24) is 4.90 Å². The zero-order valence-corrected chi connectivity index (χ0v) is 15.3. The largest absolute Gasteiger partial charge is 0.484 e. The van der Waals surface area contributed by atoms with E-state index in [9.17, 15) is 9.59 Å². The van der Waals surface area contributed by atoms with E-state index in [1.807, 2.05) is 29.2 Å². The topological polar surface area (TPSA) is 55.8 Å². The fourth-order valence-corrected chi connectivity index (χ4v) is 3.27. The molecule has 0 bridgehead atoms. The van der Waals surface area contributed by atoms with Gasteiger partial charge in [-0.05, 0) is 37.0 Å². The summed E-state index contributed by atoms with van der Waals surface area (Å²) in [6.45, 7) is 2.50. The van der Waals surface area contributed by atoms with Gasteiger partial charge in [0.05, 0.1) is 13.5 Å². The average Bonchev–Trinajstić information content (AvgIpc) is 2.67. The third-order valence-electron chi connectivity index (χ3n) is 4.81. The van der Waals surface area contributed by atoms with Gasteiger partial charge in [-0.25, -0.2) is 0 Å². The molecule has 0 aromatic heterocycles. The molecule has 0 aliphatic heterocycles. The maximum Gasteiger partial charge on any atom is 0.307 e. The number of benzene rings is 1. The number of hydrogen-bond donors (Lipinski definition) is 0. The van der Waals surface area contributed by atoms with Gasteiger partial charge in [0.25, 0.3) is 5.91 Å². The van der Waals surface area contributed by atoms with E-state index in [1.54, 1.807) is 0 Å². The van der Waals surface area contributed by atoms with Crippen LogP contribution >= 0.6 is 0 Å². The standard InChI is InChI=1S/C20H29NO4/c1-3-16-9-11-18(12-10-16)25-15-19(22)21(14-13-20(23)24-2)17-7-5-4-6-8-17/h9-12,17H,3-8,13-15H2,1-2H3. The number of ether oxygens (including phenoxy) is 2. The average molecular weight is 347 g/mol. The number of aryl methyl sites for hydroxylation is 1. The molecule has 5 nitrogen and oxygen atoms in total. The number of methoxy groups -OCH3 is 1. The van der Waals surface area contributed by atoms with E-state index in [4.69, 9.17) is 9.47 Å². The van der Waals surface area contributed by atoms with Gasteiger partial charge in [-0.15, -0.1) is 0 Å². The van der Waals surface area contributed by atoms with Crippen LogP contribution in [0.1, 0.15) is 51.0 Å². The Morgan fingerprint density at radius 1 is 1.12 bits per heavy atom. The van der Waals surface area contributed by atoms with E-state index in [0.29, 0.717) is 12.3 Å². The van der Waals surface area contributed by atoms with E-state index in [2.05, 4.69) is 6.92 Å². The molecule has 1 aliphatic carbocycles. The number of amides is 1. The van der Waals surface area contributed by atoms with E-state index in [-0.39, 0.29) is 30.9 Å². The molecule has 25 heavy (non-hydrogen) atoms. The lowest BCUT2D eigenvalue weighted by Gasteiger charge is -2.34. The first kappa shape index (κ1) is 19.3. The van der Waals surface area contributed by atoms with Gasteiger partial charge in [0.1, 0.15) is 5.75 Å². The molecule has 5 heteroatoms. The highest BCUT2D eigenvalue weighted by Crippen LogP contribution is 2.23. The number of hydrogen-bond acceptors (Lipinski definition) is 4. The third kappa shape index (κ3) is 6.07. The zero-order chi connectivity index (χ0) is 18.1. The number of nitrogens with zero attached hydrogens (tertiary/aromatic N) is 1. The van der Waals surface area contributed by atoms with Crippen molar-refractivity contribution in [2.75, 3.05) is 20.3 Å². The lowest BCUT2D eigenvalue weighted by atomic mass is 9.94. The highest BCUT2D eigenvalue weighted by atomic mass is 16.5. The molecule has 138 valence electrons. The fourth-order valence-electron chi connectivity index (χ4n) is 3.27. The van der Waals surface area contributed by atoms with Crippen molar-refractivity contribution in [3.8, 4) is 5.75 Å². The summed E-state index contributed by atoms with van der Waals surface area (Å²) < 4.78 is 10.4. The van der Waals surface area contributed by atoms with Crippen LogP contribution in [0.4, 0.5) is 0 Å². The van der Waals surface area contributed by atoms with Crippen LogP contribution in [-0.2, 0) is 20.7 Å². The Kier molecular flexibility index (Phi) is 7.76. The van der Waals surface area contributed by atoms with Gasteiger partial charge in [0.15, 0.2) is 6.61 Å². The molecule has 1 aromatic carbocycles. The molecular weight excluding hydrogens is 318 g/mol. The van der Waals surface area contributed by atoms with Crippen LogP contribution in [0.3, 0.4) is 0 Å². The Bertz CT molecular complexity index is 549. The van der Waals surface area contributed by atoms with Crippen LogP contribution in [-0.4, -0.2) is 43.1 Å². The lowest BCUT2D eigenvalue weighted by Crippen LogP contribution is -2.44. The van der Waals surface area contributed by atoms with Gasteiger partial charge in [0.2, 0.25) is 0 Å². The molecule has 1 aliphatic rings. The Morgan fingerprint density at radius 3 is 2.40 bits per heavy atom.